The van der Waals surface area contributed by atoms with Gasteiger partial charge >= 0.3 is 18.3 Å². The summed E-state index contributed by atoms with van der Waals surface area (Å²) in [5.74, 6) is -2.66. The molecular formula is C13H10F6O2. The minimum Gasteiger partial charge on any atom is -0.450 e. The molecule has 0 radical (unpaired) electrons. The van der Waals surface area contributed by atoms with E-state index in [1.807, 2.05) is 0 Å². The summed E-state index contributed by atoms with van der Waals surface area (Å²) in [6.45, 7) is 3.43. The maximum atomic E-state index is 12.4. The average Bonchev–Trinajstić information content (AvgIpc) is 2.35. The monoisotopic (exact) mass is 312 g/mol. The lowest BCUT2D eigenvalue weighted by atomic mass is 10.0. The van der Waals surface area contributed by atoms with Crippen LogP contribution in [0.15, 0.2) is 30.8 Å². The van der Waals surface area contributed by atoms with Gasteiger partial charge in [0.1, 0.15) is 6.10 Å². The first kappa shape index (κ1) is 17.1. The number of halogens is 6. The molecule has 0 bridgehead atoms. The van der Waals surface area contributed by atoms with E-state index in [0.29, 0.717) is 5.56 Å². The molecule has 8 heteroatoms. The highest BCUT2D eigenvalue weighted by Gasteiger charge is 2.44. The molecule has 0 saturated carbocycles. The van der Waals surface area contributed by atoms with Crippen LogP contribution >= 0.6 is 0 Å². The van der Waals surface area contributed by atoms with Gasteiger partial charge in [0.25, 0.3) is 0 Å². The van der Waals surface area contributed by atoms with Gasteiger partial charge in [0, 0.05) is 0 Å². The van der Waals surface area contributed by atoms with E-state index in [-0.39, 0.29) is 5.56 Å². The molecule has 0 aliphatic carbocycles. The summed E-state index contributed by atoms with van der Waals surface area (Å²) in [6, 6.07) is 5.01. The molecule has 0 spiro atoms. The number of benzene rings is 1. The first-order valence-electron chi connectivity index (χ1n) is 5.60. The molecule has 116 valence electrons. The molecule has 0 amide bonds. The molecule has 2 nitrogen and oxygen atoms in total. The van der Waals surface area contributed by atoms with Crippen LogP contribution in [-0.4, -0.2) is 18.3 Å². The molecule has 0 aliphatic heterocycles. The third kappa shape index (κ3) is 5.49. The molecule has 0 aromatic heterocycles. The second-order valence-electron chi connectivity index (χ2n) is 4.08. The Morgan fingerprint density at radius 2 is 1.67 bits per heavy atom. The zero-order valence-corrected chi connectivity index (χ0v) is 10.5. The predicted octanol–water partition coefficient (Wildman–Crippen LogP) is 4.43. The molecule has 1 rings (SSSR count). The lowest BCUT2D eigenvalue weighted by Gasteiger charge is -2.20. The standard InChI is InChI=1S/C13H10F6O2/c1-2-8-3-5-9(6-4-8)10(7-12(14,15)16)21-11(20)13(17,18)19/h2-6,10H,1,7H2. The van der Waals surface area contributed by atoms with E-state index in [0.717, 1.165) is 12.1 Å². The maximum Gasteiger partial charge on any atom is 0.490 e. The van der Waals surface area contributed by atoms with Crippen molar-refractivity contribution in [2.24, 2.45) is 0 Å². The number of hydrogen-bond acceptors (Lipinski definition) is 2. The third-order valence-corrected chi connectivity index (χ3v) is 2.44. The highest BCUT2D eigenvalue weighted by molar-refractivity contribution is 5.75. The molecule has 1 atom stereocenters. The summed E-state index contributed by atoms with van der Waals surface area (Å²) in [6.07, 6.45) is -12.5. The van der Waals surface area contributed by atoms with Gasteiger partial charge in [0.05, 0.1) is 6.42 Å². The van der Waals surface area contributed by atoms with Crippen LogP contribution in [0.5, 0.6) is 0 Å². The molecule has 0 aliphatic rings. The van der Waals surface area contributed by atoms with Gasteiger partial charge < -0.3 is 4.74 Å². The Morgan fingerprint density at radius 3 is 2.05 bits per heavy atom. The van der Waals surface area contributed by atoms with Crippen molar-refractivity contribution in [2.75, 3.05) is 0 Å². The van der Waals surface area contributed by atoms with E-state index in [9.17, 15) is 31.1 Å². The van der Waals surface area contributed by atoms with Crippen molar-refractivity contribution in [1.82, 2.24) is 0 Å². The van der Waals surface area contributed by atoms with Crippen LogP contribution in [-0.2, 0) is 9.53 Å². The van der Waals surface area contributed by atoms with E-state index in [1.54, 1.807) is 0 Å². The van der Waals surface area contributed by atoms with Crippen molar-refractivity contribution >= 4 is 12.0 Å². The summed E-state index contributed by atoms with van der Waals surface area (Å²) >= 11 is 0. The zero-order chi connectivity index (χ0) is 16.3. The predicted molar refractivity (Wildman–Crippen MR) is 62.1 cm³/mol. The van der Waals surface area contributed by atoms with Crippen molar-refractivity contribution in [3.05, 3.63) is 42.0 Å². The van der Waals surface area contributed by atoms with Crippen LogP contribution in [0.4, 0.5) is 26.3 Å². The lowest BCUT2D eigenvalue weighted by molar-refractivity contribution is -0.214. The van der Waals surface area contributed by atoms with Crippen LogP contribution in [0.25, 0.3) is 6.08 Å². The zero-order valence-electron chi connectivity index (χ0n) is 10.5. The highest BCUT2D eigenvalue weighted by atomic mass is 19.4. The van der Waals surface area contributed by atoms with E-state index >= 15 is 0 Å². The summed E-state index contributed by atoms with van der Waals surface area (Å²) in [5.41, 5.74) is 0.377. The van der Waals surface area contributed by atoms with Crippen LogP contribution in [0.1, 0.15) is 23.7 Å². The number of carbonyl (C=O) groups excluding carboxylic acids is 1. The van der Waals surface area contributed by atoms with Crippen molar-refractivity contribution in [1.29, 1.82) is 0 Å². The van der Waals surface area contributed by atoms with Crippen molar-refractivity contribution in [2.45, 2.75) is 24.9 Å². The Morgan fingerprint density at radius 1 is 1.14 bits per heavy atom. The number of carbonyl (C=O) groups is 1. The molecule has 1 aromatic carbocycles. The minimum atomic E-state index is -5.36. The van der Waals surface area contributed by atoms with Gasteiger partial charge in [0.2, 0.25) is 0 Å². The van der Waals surface area contributed by atoms with Gasteiger partial charge in [-0.2, -0.15) is 26.3 Å². The van der Waals surface area contributed by atoms with Crippen LogP contribution in [0.2, 0.25) is 0 Å². The maximum absolute atomic E-state index is 12.4. The largest absolute Gasteiger partial charge is 0.490 e. The smallest absolute Gasteiger partial charge is 0.450 e. The Kier molecular flexibility index (Phi) is 5.03. The quantitative estimate of drug-likeness (QED) is 0.607. The van der Waals surface area contributed by atoms with E-state index in [1.165, 1.54) is 18.2 Å². The lowest BCUT2D eigenvalue weighted by Crippen LogP contribution is -2.29. The van der Waals surface area contributed by atoms with Crippen molar-refractivity contribution < 1.29 is 35.9 Å². The Balaban J connectivity index is 3.01. The Labute approximate surface area is 116 Å². The summed E-state index contributed by atoms with van der Waals surface area (Å²) in [7, 11) is 0. The van der Waals surface area contributed by atoms with Gasteiger partial charge in [-0.1, -0.05) is 36.9 Å². The average molecular weight is 312 g/mol. The normalized spacial score (nSPS) is 13.6. The van der Waals surface area contributed by atoms with E-state index in [2.05, 4.69) is 11.3 Å². The highest BCUT2D eigenvalue weighted by Crippen LogP contribution is 2.34. The topological polar surface area (TPSA) is 26.3 Å². The fraction of sp³-hybridized carbons (Fsp3) is 0.308. The van der Waals surface area contributed by atoms with Crippen LogP contribution in [0, 0.1) is 0 Å². The van der Waals surface area contributed by atoms with Crippen molar-refractivity contribution in [3.63, 3.8) is 0 Å². The van der Waals surface area contributed by atoms with Gasteiger partial charge in [-0.05, 0) is 11.1 Å². The summed E-state index contributed by atoms with van der Waals surface area (Å²) < 4.78 is 77.4. The Bertz CT molecular complexity index is 501. The molecule has 0 N–H and O–H groups in total. The van der Waals surface area contributed by atoms with E-state index < -0.39 is 30.8 Å². The third-order valence-electron chi connectivity index (χ3n) is 2.44. The number of ether oxygens (including phenoxy) is 1. The van der Waals surface area contributed by atoms with Gasteiger partial charge in [-0.3, -0.25) is 0 Å². The fourth-order valence-corrected chi connectivity index (χ4v) is 1.48. The SMILES string of the molecule is C=Cc1ccc(C(CC(F)(F)F)OC(=O)C(F)(F)F)cc1. The molecule has 0 fully saturated rings. The van der Waals surface area contributed by atoms with E-state index in [4.69, 9.17) is 0 Å². The first-order chi connectivity index (χ1) is 9.53. The van der Waals surface area contributed by atoms with Gasteiger partial charge in [-0.25, -0.2) is 4.79 Å². The second-order valence-corrected chi connectivity index (χ2v) is 4.08. The van der Waals surface area contributed by atoms with Crippen LogP contribution in [0.3, 0.4) is 0 Å². The van der Waals surface area contributed by atoms with Gasteiger partial charge in [-0.15, -0.1) is 0 Å². The fourth-order valence-electron chi connectivity index (χ4n) is 1.48. The molecule has 0 heterocycles. The minimum absolute atomic E-state index is 0.185. The first-order valence-corrected chi connectivity index (χ1v) is 5.60. The molecule has 21 heavy (non-hydrogen) atoms. The summed E-state index contributed by atoms with van der Waals surface area (Å²) in [4.78, 5) is 10.7. The van der Waals surface area contributed by atoms with Gasteiger partial charge in [0.15, 0.2) is 0 Å². The molecule has 1 unspecified atom stereocenters. The molecule has 1 aromatic rings. The number of esters is 1. The summed E-state index contributed by atoms with van der Waals surface area (Å²) in [5, 5.41) is 0. The number of rotatable bonds is 4. The van der Waals surface area contributed by atoms with Crippen molar-refractivity contribution in [3.8, 4) is 0 Å². The molecule has 0 saturated heterocycles. The number of hydrogen-bond donors (Lipinski definition) is 0. The number of alkyl halides is 6. The molecular weight excluding hydrogens is 302 g/mol. The second kappa shape index (κ2) is 6.19. The Hall–Kier alpha value is -1.99. The van der Waals surface area contributed by atoms with Crippen LogP contribution < -0.4 is 0 Å².